The normalized spacial score (nSPS) is 14.6. The molecule has 0 amide bonds. The van der Waals surface area contributed by atoms with Crippen LogP contribution in [0.15, 0.2) is 158 Å². The van der Waals surface area contributed by atoms with E-state index < -0.39 is 32.5 Å². The summed E-state index contributed by atoms with van der Waals surface area (Å²) in [5.41, 5.74) is 5.35. The molecule has 0 saturated carbocycles. The van der Waals surface area contributed by atoms with Crippen molar-refractivity contribution < 1.29 is 37.6 Å². The van der Waals surface area contributed by atoms with Gasteiger partial charge in [-0.25, -0.2) is 4.57 Å². The van der Waals surface area contributed by atoms with Gasteiger partial charge < -0.3 is 20.1 Å². The monoisotopic (exact) mass is 918 g/mol. The van der Waals surface area contributed by atoms with Gasteiger partial charge in [0.15, 0.2) is 6.10 Å². The number of ether oxygens (including phenoxy) is 2. The third kappa shape index (κ3) is 48.9. The lowest BCUT2D eigenvalue weighted by Crippen LogP contribution is -2.29. The van der Waals surface area contributed by atoms with Crippen molar-refractivity contribution in [3.63, 3.8) is 0 Å². The number of hydrogen-bond acceptors (Lipinski definition) is 8. The van der Waals surface area contributed by atoms with Crippen LogP contribution in [-0.2, 0) is 32.7 Å². The number of carbonyl (C=O) groups is 2. The highest BCUT2D eigenvalue weighted by molar-refractivity contribution is 7.47. The minimum absolute atomic E-state index is 0.0277. The Labute approximate surface area is 394 Å². The van der Waals surface area contributed by atoms with E-state index in [0.717, 1.165) is 103 Å². The van der Waals surface area contributed by atoms with Crippen LogP contribution in [0.4, 0.5) is 0 Å². The van der Waals surface area contributed by atoms with Gasteiger partial charge in [0.2, 0.25) is 0 Å². The van der Waals surface area contributed by atoms with Gasteiger partial charge in [0.25, 0.3) is 0 Å². The number of unbranched alkanes of at least 4 members (excludes halogenated alkanes) is 3. The van der Waals surface area contributed by atoms with Gasteiger partial charge in [0, 0.05) is 19.4 Å². The fourth-order valence-electron chi connectivity index (χ4n) is 5.46. The van der Waals surface area contributed by atoms with Gasteiger partial charge in [0.05, 0.1) is 13.2 Å². The predicted molar refractivity (Wildman–Crippen MR) is 274 cm³/mol. The first-order valence-electron chi connectivity index (χ1n) is 24.0. The Morgan fingerprint density at radius 2 is 0.831 bits per heavy atom. The smallest absolute Gasteiger partial charge is 0.462 e. The lowest BCUT2D eigenvalue weighted by Gasteiger charge is -2.19. The summed E-state index contributed by atoms with van der Waals surface area (Å²) in [5.74, 6) is -0.984. The van der Waals surface area contributed by atoms with E-state index in [9.17, 15) is 19.0 Å². The Bertz CT molecular complexity index is 1610. The lowest BCUT2D eigenvalue weighted by molar-refractivity contribution is -0.161. The van der Waals surface area contributed by atoms with Gasteiger partial charge in [-0.05, 0) is 109 Å². The van der Waals surface area contributed by atoms with Crippen LogP contribution in [0.2, 0.25) is 0 Å². The summed E-state index contributed by atoms with van der Waals surface area (Å²) in [4.78, 5) is 35.0. The van der Waals surface area contributed by atoms with Crippen LogP contribution in [0.1, 0.15) is 142 Å². The first-order chi connectivity index (χ1) is 31.8. The number of nitrogens with two attached hydrogens (primary N) is 1. The number of hydrogen-bond donors (Lipinski definition) is 2. The summed E-state index contributed by atoms with van der Waals surface area (Å²) < 4.78 is 32.7. The summed E-state index contributed by atoms with van der Waals surface area (Å²) in [6, 6.07) is 0. The highest BCUT2D eigenvalue weighted by Crippen LogP contribution is 2.43. The molecule has 0 aliphatic carbocycles. The van der Waals surface area contributed by atoms with E-state index in [-0.39, 0.29) is 32.6 Å². The standard InChI is InChI=1S/C55H84NO8P/c1-3-5-7-9-11-13-15-17-19-21-23-24-25-26-27-28-30-32-34-36-38-40-42-44-46-48-55(58)64-53(52-63-65(59,60)62-50-49-56)51-61-54(57)47-45-43-41-39-37-35-33-31-29-22-20-18-16-14-12-10-8-6-4-2/h5-8,11-14,17-20,23-24,26-27,29-32,35-38,41,43,53H,3-4,9-10,15-16,21-22,25,28,33-34,39-40,42,44-52,56H2,1-2H3,(H,59,60)/b7-5-,8-6-,13-11-,14-12-,19-17-,20-18-,24-23-,27-26-,31-29-,32-30-,37-35-,38-36-,43-41-. The molecule has 0 fully saturated rings. The molecule has 0 bridgehead atoms. The van der Waals surface area contributed by atoms with Gasteiger partial charge in [-0.2, -0.15) is 0 Å². The largest absolute Gasteiger partial charge is 0.472 e. The van der Waals surface area contributed by atoms with Crippen molar-refractivity contribution in [3.8, 4) is 0 Å². The van der Waals surface area contributed by atoms with Crippen molar-refractivity contribution in [2.45, 2.75) is 148 Å². The van der Waals surface area contributed by atoms with Crippen LogP contribution in [0, 0.1) is 0 Å². The SMILES string of the molecule is CC/C=C\C/C=C\C/C=C\C/C=C\C/C=C\C/C=C\C/C=C\CCCCCC(=O)OC(COC(=O)CC/C=C\C/C=C\C/C=C\C/C=C\C/C=C\C/C=C\CC)COP(=O)(O)OCCN. The molecule has 0 saturated heterocycles. The van der Waals surface area contributed by atoms with Crippen molar-refractivity contribution in [1.82, 2.24) is 0 Å². The van der Waals surface area contributed by atoms with Crippen LogP contribution >= 0.6 is 7.82 Å². The Morgan fingerprint density at radius 1 is 0.462 bits per heavy atom. The molecular formula is C55H84NO8P. The third-order valence-corrected chi connectivity index (χ3v) is 9.91. The van der Waals surface area contributed by atoms with Gasteiger partial charge in [-0.1, -0.05) is 178 Å². The molecule has 0 aromatic heterocycles. The molecule has 0 rings (SSSR count). The third-order valence-electron chi connectivity index (χ3n) is 8.92. The second-order valence-electron chi connectivity index (χ2n) is 14.9. The molecule has 10 heteroatoms. The number of rotatable bonds is 42. The van der Waals surface area contributed by atoms with E-state index in [1.54, 1.807) is 0 Å². The molecule has 0 radical (unpaired) electrons. The Morgan fingerprint density at radius 3 is 1.22 bits per heavy atom. The Hall–Kier alpha value is -4.37. The number of phosphoric acid groups is 1. The quantitative estimate of drug-likeness (QED) is 0.0266. The molecule has 2 unspecified atom stereocenters. The fourth-order valence-corrected chi connectivity index (χ4v) is 6.23. The summed E-state index contributed by atoms with van der Waals surface area (Å²) in [6.45, 7) is 3.34. The lowest BCUT2D eigenvalue weighted by atomic mass is 10.1. The maximum absolute atomic E-state index is 12.6. The molecule has 0 spiro atoms. The molecule has 65 heavy (non-hydrogen) atoms. The molecule has 2 atom stereocenters. The van der Waals surface area contributed by atoms with E-state index >= 15 is 0 Å². The number of carbonyl (C=O) groups excluding carboxylic acids is 2. The highest BCUT2D eigenvalue weighted by atomic mass is 31.2. The summed E-state index contributed by atoms with van der Waals surface area (Å²) in [6.07, 6.45) is 71.5. The van der Waals surface area contributed by atoms with E-state index in [1.807, 2.05) is 12.2 Å². The number of esters is 2. The van der Waals surface area contributed by atoms with Crippen molar-refractivity contribution in [1.29, 1.82) is 0 Å². The maximum Gasteiger partial charge on any atom is 0.472 e. The van der Waals surface area contributed by atoms with E-state index in [2.05, 4.69) is 160 Å². The Kier molecular flexibility index (Phi) is 45.8. The van der Waals surface area contributed by atoms with Crippen LogP contribution in [-0.4, -0.2) is 49.3 Å². The minimum atomic E-state index is -4.42. The molecule has 0 aliphatic heterocycles. The van der Waals surface area contributed by atoms with Crippen molar-refractivity contribution in [2.75, 3.05) is 26.4 Å². The van der Waals surface area contributed by atoms with Crippen LogP contribution < -0.4 is 5.73 Å². The van der Waals surface area contributed by atoms with Crippen LogP contribution in [0.5, 0.6) is 0 Å². The predicted octanol–water partition coefficient (Wildman–Crippen LogP) is 14.6. The minimum Gasteiger partial charge on any atom is -0.462 e. The second kappa shape index (κ2) is 49.1. The summed E-state index contributed by atoms with van der Waals surface area (Å²) in [5, 5.41) is 0. The molecule has 0 heterocycles. The summed E-state index contributed by atoms with van der Waals surface area (Å²) in [7, 11) is -4.42. The van der Waals surface area contributed by atoms with Gasteiger partial charge in [-0.3, -0.25) is 18.6 Å². The zero-order valence-corrected chi connectivity index (χ0v) is 40.8. The van der Waals surface area contributed by atoms with Crippen LogP contribution in [0.3, 0.4) is 0 Å². The zero-order chi connectivity index (χ0) is 47.4. The first-order valence-corrected chi connectivity index (χ1v) is 25.5. The van der Waals surface area contributed by atoms with E-state index in [4.69, 9.17) is 24.3 Å². The zero-order valence-electron chi connectivity index (χ0n) is 39.9. The Balaban J connectivity index is 4.33. The van der Waals surface area contributed by atoms with Crippen molar-refractivity contribution in [3.05, 3.63) is 158 Å². The van der Waals surface area contributed by atoms with Gasteiger partial charge in [-0.15, -0.1) is 0 Å². The maximum atomic E-state index is 12.6. The highest BCUT2D eigenvalue weighted by Gasteiger charge is 2.25. The average molecular weight is 918 g/mol. The van der Waals surface area contributed by atoms with E-state index in [1.165, 1.54) is 0 Å². The first kappa shape index (κ1) is 60.6. The topological polar surface area (TPSA) is 134 Å². The number of phosphoric ester groups is 1. The summed E-state index contributed by atoms with van der Waals surface area (Å²) >= 11 is 0. The van der Waals surface area contributed by atoms with Gasteiger partial charge >= 0.3 is 19.8 Å². The fraction of sp³-hybridized carbons (Fsp3) is 0.491. The van der Waals surface area contributed by atoms with Gasteiger partial charge in [0.1, 0.15) is 6.61 Å². The molecule has 3 N–H and O–H groups in total. The van der Waals surface area contributed by atoms with Crippen molar-refractivity contribution in [2.24, 2.45) is 5.73 Å². The molecular weight excluding hydrogens is 834 g/mol. The molecule has 0 aliphatic rings. The van der Waals surface area contributed by atoms with Crippen molar-refractivity contribution >= 4 is 19.8 Å². The molecule has 0 aromatic rings. The molecule has 0 aromatic carbocycles. The average Bonchev–Trinajstić information content (AvgIpc) is 3.30. The van der Waals surface area contributed by atoms with Crippen LogP contribution in [0.25, 0.3) is 0 Å². The molecule has 9 nitrogen and oxygen atoms in total. The molecule has 362 valence electrons. The van der Waals surface area contributed by atoms with E-state index in [0.29, 0.717) is 12.8 Å². The number of allylic oxidation sites excluding steroid dienone is 26. The second-order valence-corrected chi connectivity index (χ2v) is 16.3.